The summed E-state index contributed by atoms with van der Waals surface area (Å²) < 4.78 is 39.4. The number of nitrogens with one attached hydrogen (secondary N) is 1. The molecule has 3 aromatic rings. The quantitative estimate of drug-likeness (QED) is 0.265. The molecule has 1 aromatic heterocycles. The van der Waals surface area contributed by atoms with E-state index in [1.54, 1.807) is 6.07 Å². The third kappa shape index (κ3) is 11.1. The molecule has 14 heteroatoms. The summed E-state index contributed by atoms with van der Waals surface area (Å²) in [6.45, 7) is 3.39. The molecular weight excluding hydrogens is 563 g/mol. The molecule has 222 valence electrons. The third-order valence-corrected chi connectivity index (χ3v) is 5.38. The highest BCUT2D eigenvalue weighted by molar-refractivity contribution is 5.96. The summed E-state index contributed by atoms with van der Waals surface area (Å²) >= 11 is 0. The molecule has 5 N–H and O–H groups in total. The fourth-order valence-electron chi connectivity index (χ4n) is 3.60. The van der Waals surface area contributed by atoms with E-state index in [0.717, 1.165) is 54.5 Å². The van der Waals surface area contributed by atoms with Gasteiger partial charge in [0, 0.05) is 55.9 Å². The van der Waals surface area contributed by atoms with E-state index in [1.165, 1.54) is 12.1 Å². The summed E-state index contributed by atoms with van der Waals surface area (Å²) in [6, 6.07) is 15.0. The van der Waals surface area contributed by atoms with Gasteiger partial charge in [0.1, 0.15) is 5.82 Å². The third-order valence-electron chi connectivity index (χ3n) is 5.38. The molecule has 0 bridgehead atoms. The minimum absolute atomic E-state index is 0.551. The van der Waals surface area contributed by atoms with Gasteiger partial charge in [0.2, 0.25) is 0 Å². The Morgan fingerprint density at radius 3 is 1.79 bits per heavy atom. The topological polar surface area (TPSA) is 177 Å². The van der Waals surface area contributed by atoms with Crippen LogP contribution in [0, 0.1) is 0 Å². The molecule has 4 rings (SSSR count). The molecule has 0 saturated carbocycles. The summed E-state index contributed by atoms with van der Waals surface area (Å²) in [5.41, 5.74) is 1.47. The number of anilines is 1. The number of carbonyl (C=O) groups is 4. The molecule has 0 spiro atoms. The van der Waals surface area contributed by atoms with Gasteiger partial charge in [-0.1, -0.05) is 30.3 Å². The van der Waals surface area contributed by atoms with Crippen molar-refractivity contribution in [3.05, 3.63) is 84.5 Å². The number of carboxylic acids is 4. The molecule has 0 radical (unpaired) electrons. The minimum Gasteiger partial charge on any atom is -0.478 e. The fraction of sp³-hybridized carbons (Fsp3) is 0.179. The molecule has 0 amide bonds. The number of alkyl halides is 3. The maximum Gasteiger partial charge on any atom is 0.416 e. The maximum absolute atomic E-state index is 13.1. The van der Waals surface area contributed by atoms with Gasteiger partial charge in [0.05, 0.1) is 11.1 Å². The number of pyridine rings is 1. The molecular formula is C28H26F3N3O8. The van der Waals surface area contributed by atoms with Crippen LogP contribution in [-0.2, 0) is 25.4 Å². The second kappa shape index (κ2) is 15.5. The van der Waals surface area contributed by atoms with Crippen molar-refractivity contribution in [1.82, 2.24) is 10.3 Å². The molecule has 42 heavy (non-hydrogen) atoms. The number of hydrogen-bond donors (Lipinski definition) is 5. The number of benzene rings is 2. The number of carboxylic acid groups (broad SMARTS) is 4. The fourth-order valence-corrected chi connectivity index (χ4v) is 3.60. The first-order chi connectivity index (χ1) is 19.8. The van der Waals surface area contributed by atoms with E-state index < -0.39 is 35.6 Å². The monoisotopic (exact) mass is 589 g/mol. The number of rotatable bonds is 6. The Kier molecular flexibility index (Phi) is 12.2. The van der Waals surface area contributed by atoms with E-state index in [2.05, 4.69) is 10.2 Å². The number of para-hydroxylation sites is 1. The van der Waals surface area contributed by atoms with Gasteiger partial charge in [-0.05, 0) is 35.4 Å². The van der Waals surface area contributed by atoms with E-state index >= 15 is 0 Å². The average Bonchev–Trinajstić information content (AvgIpc) is 2.95. The van der Waals surface area contributed by atoms with Crippen molar-refractivity contribution in [3.63, 3.8) is 0 Å². The van der Waals surface area contributed by atoms with Crippen LogP contribution < -0.4 is 10.2 Å². The predicted octanol–water partition coefficient (Wildman–Crippen LogP) is 3.75. The number of aromatic nitrogens is 1. The van der Waals surface area contributed by atoms with Crippen molar-refractivity contribution in [2.24, 2.45) is 0 Å². The van der Waals surface area contributed by atoms with E-state index in [1.807, 2.05) is 30.3 Å². The lowest BCUT2D eigenvalue weighted by atomic mass is 9.99. The largest absolute Gasteiger partial charge is 0.478 e. The first-order valence-corrected chi connectivity index (χ1v) is 12.1. The number of hydrogen-bond acceptors (Lipinski definition) is 7. The summed E-state index contributed by atoms with van der Waals surface area (Å²) in [6.07, 6.45) is -2.13. The van der Waals surface area contributed by atoms with Gasteiger partial charge >= 0.3 is 30.1 Å². The Morgan fingerprint density at radius 1 is 0.762 bits per heavy atom. The summed E-state index contributed by atoms with van der Waals surface area (Å²) in [5, 5.41) is 35.4. The van der Waals surface area contributed by atoms with Crippen molar-refractivity contribution in [2.75, 3.05) is 31.1 Å². The van der Waals surface area contributed by atoms with Crippen LogP contribution in [0.1, 0.15) is 5.56 Å². The van der Waals surface area contributed by atoms with E-state index in [4.69, 9.17) is 25.4 Å². The Bertz CT molecular complexity index is 1420. The van der Waals surface area contributed by atoms with Crippen LogP contribution in [0.3, 0.4) is 0 Å². The van der Waals surface area contributed by atoms with Gasteiger partial charge in [0.25, 0.3) is 0 Å². The van der Waals surface area contributed by atoms with Crippen molar-refractivity contribution in [2.45, 2.75) is 6.18 Å². The molecule has 1 saturated heterocycles. The highest BCUT2D eigenvalue weighted by Gasteiger charge is 2.30. The van der Waals surface area contributed by atoms with Gasteiger partial charge < -0.3 is 30.6 Å². The molecule has 11 nitrogen and oxygen atoms in total. The SMILES string of the molecule is FC(F)(F)c1cccc(-c2cc(N3CCNCC3)nc3ccccc23)c1.O=C(O)/C=C\C(=O)O.O=C(O)/C=C\C(=O)O. The lowest BCUT2D eigenvalue weighted by molar-refractivity contribution is -0.137. The molecule has 0 unspecified atom stereocenters. The Morgan fingerprint density at radius 2 is 1.29 bits per heavy atom. The zero-order chi connectivity index (χ0) is 31.3. The van der Waals surface area contributed by atoms with Crippen LogP contribution in [0.25, 0.3) is 22.0 Å². The van der Waals surface area contributed by atoms with E-state index in [0.29, 0.717) is 29.9 Å². The molecule has 1 aliphatic rings. The molecule has 0 aliphatic carbocycles. The summed E-state index contributed by atoms with van der Waals surface area (Å²) in [7, 11) is 0. The zero-order valence-electron chi connectivity index (χ0n) is 21.8. The van der Waals surface area contributed by atoms with Crippen LogP contribution in [0.15, 0.2) is 78.9 Å². The number of nitrogens with zero attached hydrogens (tertiary/aromatic N) is 2. The number of halogens is 3. The Hall–Kier alpha value is -5.24. The van der Waals surface area contributed by atoms with E-state index in [-0.39, 0.29) is 0 Å². The molecule has 2 aromatic carbocycles. The van der Waals surface area contributed by atoms with E-state index in [9.17, 15) is 32.3 Å². The van der Waals surface area contributed by atoms with Crippen LogP contribution in [-0.4, -0.2) is 75.5 Å². The molecule has 1 fully saturated rings. The van der Waals surface area contributed by atoms with Crippen molar-refractivity contribution in [1.29, 1.82) is 0 Å². The number of piperazine rings is 1. The Balaban J connectivity index is 0.000000319. The average molecular weight is 590 g/mol. The van der Waals surface area contributed by atoms with Gasteiger partial charge in [-0.25, -0.2) is 24.2 Å². The number of fused-ring (bicyclic) bond motifs is 1. The van der Waals surface area contributed by atoms with Gasteiger partial charge in [-0.2, -0.15) is 13.2 Å². The lowest BCUT2D eigenvalue weighted by Gasteiger charge is -2.29. The van der Waals surface area contributed by atoms with Crippen LogP contribution in [0.5, 0.6) is 0 Å². The molecule has 0 atom stereocenters. The van der Waals surface area contributed by atoms with Gasteiger partial charge in [-0.15, -0.1) is 0 Å². The summed E-state index contributed by atoms with van der Waals surface area (Å²) in [4.78, 5) is 45.1. The van der Waals surface area contributed by atoms with Gasteiger partial charge in [0.15, 0.2) is 0 Å². The number of aliphatic carboxylic acids is 4. The first-order valence-electron chi connectivity index (χ1n) is 12.1. The first kappa shape index (κ1) is 33.0. The van der Waals surface area contributed by atoms with Crippen molar-refractivity contribution < 1.29 is 52.8 Å². The molecule has 1 aliphatic heterocycles. The zero-order valence-corrected chi connectivity index (χ0v) is 21.8. The normalized spacial score (nSPS) is 13.2. The Labute approximate surface area is 236 Å². The van der Waals surface area contributed by atoms with Gasteiger partial charge in [-0.3, -0.25) is 0 Å². The highest BCUT2D eigenvalue weighted by Crippen LogP contribution is 2.35. The lowest BCUT2D eigenvalue weighted by Crippen LogP contribution is -2.43. The van der Waals surface area contributed by atoms with Crippen LogP contribution in [0.4, 0.5) is 19.0 Å². The molecule has 2 heterocycles. The second-order valence-corrected chi connectivity index (χ2v) is 8.38. The summed E-state index contributed by atoms with van der Waals surface area (Å²) in [5.74, 6) is -4.22. The van der Waals surface area contributed by atoms with Crippen molar-refractivity contribution >= 4 is 40.6 Å². The van der Waals surface area contributed by atoms with Crippen LogP contribution in [0.2, 0.25) is 0 Å². The predicted molar refractivity (Wildman–Crippen MR) is 146 cm³/mol. The second-order valence-electron chi connectivity index (χ2n) is 8.38. The standard InChI is InChI=1S/C20H18F3N3.2C4H4O4/c21-20(22,23)15-5-3-4-14(12-15)17-13-19(26-10-8-24-9-11-26)25-18-7-2-1-6-16(17)18;2*5-3(6)1-2-4(7)8/h1-7,12-13,24H,8-11H2;2*1-2H,(H,5,6)(H,7,8)/b;2*2-1-. The van der Waals surface area contributed by atoms with Crippen molar-refractivity contribution in [3.8, 4) is 11.1 Å². The van der Waals surface area contributed by atoms with Crippen LogP contribution >= 0.6 is 0 Å². The highest BCUT2D eigenvalue weighted by atomic mass is 19.4. The smallest absolute Gasteiger partial charge is 0.416 e. The minimum atomic E-state index is -4.36. The maximum atomic E-state index is 13.1.